The van der Waals surface area contributed by atoms with Crippen molar-refractivity contribution in [1.82, 2.24) is 5.32 Å². The van der Waals surface area contributed by atoms with Crippen LogP contribution >= 0.6 is 0 Å². The molecular weight excluding hydrogens is 348 g/mol. The zero-order chi connectivity index (χ0) is 19.9. The smallest absolute Gasteiger partial charge is 0.251 e. The lowest BCUT2D eigenvalue weighted by Gasteiger charge is -2.33. The first-order valence-corrected chi connectivity index (χ1v) is 10.5. The Bertz CT molecular complexity index is 755. The molecule has 4 nitrogen and oxygen atoms in total. The Morgan fingerprint density at radius 1 is 1.18 bits per heavy atom. The number of piperidine rings is 1. The molecule has 2 aromatic rings. The molecule has 150 valence electrons. The summed E-state index contributed by atoms with van der Waals surface area (Å²) in [5.41, 5.74) is 3.04. The largest absolute Gasteiger partial charge is 0.494 e. The summed E-state index contributed by atoms with van der Waals surface area (Å²) in [6.45, 7) is 9.37. The van der Waals surface area contributed by atoms with Crippen LogP contribution in [-0.2, 0) is 0 Å². The molecule has 0 aromatic heterocycles. The molecule has 1 saturated heterocycles. The van der Waals surface area contributed by atoms with Gasteiger partial charge in [-0.2, -0.15) is 0 Å². The predicted molar refractivity (Wildman–Crippen MR) is 115 cm³/mol. The number of hydrogen-bond acceptors (Lipinski definition) is 3. The van der Waals surface area contributed by atoms with Crippen molar-refractivity contribution in [2.45, 2.75) is 46.1 Å². The molecule has 28 heavy (non-hydrogen) atoms. The summed E-state index contributed by atoms with van der Waals surface area (Å²) in [6.07, 6.45) is 3.55. The molecule has 1 amide bonds. The van der Waals surface area contributed by atoms with Crippen molar-refractivity contribution < 1.29 is 9.53 Å². The number of nitrogens with zero attached hydrogens (tertiary/aromatic N) is 1. The van der Waals surface area contributed by atoms with Gasteiger partial charge < -0.3 is 15.0 Å². The number of rotatable bonds is 7. The van der Waals surface area contributed by atoms with Crippen LogP contribution in [0, 0.1) is 5.92 Å². The number of ether oxygens (including phenoxy) is 1. The highest BCUT2D eigenvalue weighted by molar-refractivity contribution is 5.94. The van der Waals surface area contributed by atoms with Crippen molar-refractivity contribution in [2.75, 3.05) is 24.6 Å². The van der Waals surface area contributed by atoms with E-state index in [0.717, 1.165) is 36.7 Å². The number of amides is 1. The second-order valence-electron chi connectivity index (χ2n) is 7.85. The molecule has 1 fully saturated rings. The molecule has 2 aromatic carbocycles. The average molecular weight is 381 g/mol. The monoisotopic (exact) mass is 380 g/mol. The molecule has 4 heteroatoms. The number of benzene rings is 2. The first-order valence-electron chi connectivity index (χ1n) is 10.5. The van der Waals surface area contributed by atoms with Gasteiger partial charge in [-0.05, 0) is 74.1 Å². The van der Waals surface area contributed by atoms with E-state index in [-0.39, 0.29) is 11.9 Å². The van der Waals surface area contributed by atoms with Crippen molar-refractivity contribution in [2.24, 2.45) is 5.92 Å². The fraction of sp³-hybridized carbons (Fsp3) is 0.458. The van der Waals surface area contributed by atoms with Crippen LogP contribution in [-0.4, -0.2) is 25.6 Å². The first-order chi connectivity index (χ1) is 13.6. The van der Waals surface area contributed by atoms with Gasteiger partial charge in [-0.25, -0.2) is 0 Å². The SMILES string of the molecule is CCCOc1ccc(C(=O)N[C@H](C)c2ccc(N3CCC[C@H](C)C3)cc2)cc1. The average Bonchev–Trinajstić information content (AvgIpc) is 2.72. The zero-order valence-electron chi connectivity index (χ0n) is 17.3. The number of carbonyl (C=O) groups excluding carboxylic acids is 1. The Morgan fingerprint density at radius 3 is 2.54 bits per heavy atom. The standard InChI is InChI=1S/C24H32N2O2/c1-4-16-28-23-13-9-21(10-14-23)24(27)25-19(3)20-7-11-22(12-8-20)26-15-5-6-18(2)17-26/h7-14,18-19H,4-6,15-17H2,1-3H3,(H,25,27)/t18-,19+/m0/s1. The maximum atomic E-state index is 12.5. The first kappa shape index (κ1) is 20.2. The van der Waals surface area contributed by atoms with Crippen LogP contribution < -0.4 is 15.0 Å². The number of anilines is 1. The van der Waals surface area contributed by atoms with E-state index in [0.29, 0.717) is 12.2 Å². The van der Waals surface area contributed by atoms with Crippen molar-refractivity contribution in [3.8, 4) is 5.75 Å². The highest BCUT2D eigenvalue weighted by Gasteiger charge is 2.17. The van der Waals surface area contributed by atoms with E-state index in [1.54, 1.807) is 0 Å². The van der Waals surface area contributed by atoms with Gasteiger partial charge in [0.25, 0.3) is 5.91 Å². The maximum Gasteiger partial charge on any atom is 0.251 e. The van der Waals surface area contributed by atoms with Gasteiger partial charge >= 0.3 is 0 Å². The van der Waals surface area contributed by atoms with Gasteiger partial charge in [-0.1, -0.05) is 26.0 Å². The van der Waals surface area contributed by atoms with E-state index in [4.69, 9.17) is 4.74 Å². The van der Waals surface area contributed by atoms with E-state index in [9.17, 15) is 4.79 Å². The van der Waals surface area contributed by atoms with Crippen LogP contribution in [0.3, 0.4) is 0 Å². The van der Waals surface area contributed by atoms with E-state index < -0.39 is 0 Å². The van der Waals surface area contributed by atoms with Crippen LogP contribution in [0.2, 0.25) is 0 Å². The molecule has 3 rings (SSSR count). The highest BCUT2D eigenvalue weighted by atomic mass is 16.5. The third kappa shape index (κ3) is 5.28. The fourth-order valence-electron chi connectivity index (χ4n) is 3.68. The molecule has 1 N–H and O–H groups in total. The normalized spacial score (nSPS) is 17.8. The summed E-state index contributed by atoms with van der Waals surface area (Å²) in [5.74, 6) is 1.49. The number of carbonyl (C=O) groups is 1. The van der Waals surface area contributed by atoms with Gasteiger partial charge in [0.05, 0.1) is 12.6 Å². The van der Waals surface area contributed by atoms with Crippen LogP contribution in [0.25, 0.3) is 0 Å². The number of hydrogen-bond donors (Lipinski definition) is 1. The molecular formula is C24H32N2O2. The fourth-order valence-corrected chi connectivity index (χ4v) is 3.68. The van der Waals surface area contributed by atoms with Crippen LogP contribution in [0.5, 0.6) is 5.75 Å². The van der Waals surface area contributed by atoms with Gasteiger partial charge in [-0.3, -0.25) is 4.79 Å². The molecule has 0 radical (unpaired) electrons. The van der Waals surface area contributed by atoms with Crippen LogP contribution in [0.1, 0.15) is 62.0 Å². The Kier molecular flexibility index (Phi) is 6.96. The van der Waals surface area contributed by atoms with E-state index in [1.807, 2.05) is 31.2 Å². The molecule has 1 aliphatic rings. The lowest BCUT2D eigenvalue weighted by Crippen LogP contribution is -2.34. The maximum absolute atomic E-state index is 12.5. The summed E-state index contributed by atoms with van der Waals surface area (Å²) in [7, 11) is 0. The summed E-state index contributed by atoms with van der Waals surface area (Å²) in [4.78, 5) is 15.0. The van der Waals surface area contributed by atoms with E-state index in [1.165, 1.54) is 18.5 Å². The molecule has 0 unspecified atom stereocenters. The molecule has 0 aliphatic carbocycles. The topological polar surface area (TPSA) is 41.6 Å². The van der Waals surface area contributed by atoms with Gasteiger partial charge in [0, 0.05) is 24.3 Å². The molecule has 0 saturated carbocycles. The Labute approximate surface area is 168 Å². The minimum absolute atomic E-state index is 0.0437. The molecule has 0 bridgehead atoms. The lowest BCUT2D eigenvalue weighted by atomic mass is 9.99. The predicted octanol–water partition coefficient (Wildman–Crippen LogP) is 5.20. The zero-order valence-corrected chi connectivity index (χ0v) is 17.3. The third-order valence-corrected chi connectivity index (χ3v) is 5.35. The van der Waals surface area contributed by atoms with Crippen molar-refractivity contribution >= 4 is 11.6 Å². The summed E-state index contributed by atoms with van der Waals surface area (Å²) < 4.78 is 5.57. The van der Waals surface area contributed by atoms with Gasteiger partial charge in [0.1, 0.15) is 5.75 Å². The Hall–Kier alpha value is -2.49. The lowest BCUT2D eigenvalue weighted by molar-refractivity contribution is 0.0940. The highest BCUT2D eigenvalue weighted by Crippen LogP contribution is 2.25. The van der Waals surface area contributed by atoms with E-state index >= 15 is 0 Å². The van der Waals surface area contributed by atoms with Gasteiger partial charge in [0.2, 0.25) is 0 Å². The van der Waals surface area contributed by atoms with Crippen molar-refractivity contribution in [3.63, 3.8) is 0 Å². The summed E-state index contributed by atoms with van der Waals surface area (Å²) in [6, 6.07) is 15.9. The van der Waals surface area contributed by atoms with Crippen LogP contribution in [0.15, 0.2) is 48.5 Å². The second kappa shape index (κ2) is 9.63. The molecule has 1 heterocycles. The van der Waals surface area contributed by atoms with Crippen molar-refractivity contribution in [1.29, 1.82) is 0 Å². The Morgan fingerprint density at radius 2 is 1.89 bits per heavy atom. The quantitative estimate of drug-likeness (QED) is 0.717. The molecule has 2 atom stereocenters. The van der Waals surface area contributed by atoms with Crippen LogP contribution in [0.4, 0.5) is 5.69 Å². The van der Waals surface area contributed by atoms with Crippen molar-refractivity contribution in [3.05, 3.63) is 59.7 Å². The Balaban J connectivity index is 1.57. The van der Waals surface area contributed by atoms with E-state index in [2.05, 4.69) is 48.3 Å². The molecule has 0 spiro atoms. The third-order valence-electron chi connectivity index (χ3n) is 5.35. The minimum atomic E-state index is -0.0662. The van der Waals surface area contributed by atoms with Gasteiger partial charge in [0.15, 0.2) is 0 Å². The summed E-state index contributed by atoms with van der Waals surface area (Å²) in [5, 5.41) is 3.09. The molecule has 1 aliphatic heterocycles. The van der Waals surface area contributed by atoms with Gasteiger partial charge in [-0.15, -0.1) is 0 Å². The minimum Gasteiger partial charge on any atom is -0.494 e. The number of nitrogens with one attached hydrogen (secondary N) is 1. The summed E-state index contributed by atoms with van der Waals surface area (Å²) >= 11 is 0. The second-order valence-corrected chi connectivity index (χ2v) is 7.85.